The first-order valence-corrected chi connectivity index (χ1v) is 14.5. The Morgan fingerprint density at radius 1 is 0.857 bits per heavy atom. The molecule has 2 aromatic heterocycles. The number of para-hydroxylation sites is 2. The van der Waals surface area contributed by atoms with Crippen LogP contribution in [0.4, 0.5) is 5.69 Å². The van der Waals surface area contributed by atoms with Crippen LogP contribution in [0.1, 0.15) is 22.7 Å². The predicted molar refractivity (Wildman–Crippen MR) is 168 cm³/mol. The third-order valence-corrected chi connectivity index (χ3v) is 8.41. The molecule has 6 aromatic rings. The number of nitrogens with zero attached hydrogens (tertiary/aromatic N) is 3. The van der Waals surface area contributed by atoms with E-state index >= 15 is 0 Å². The summed E-state index contributed by atoms with van der Waals surface area (Å²) in [5, 5.41) is 4.03. The van der Waals surface area contributed by atoms with Crippen LogP contribution < -0.4 is 20.2 Å². The van der Waals surface area contributed by atoms with Crippen molar-refractivity contribution in [3.63, 3.8) is 0 Å². The van der Waals surface area contributed by atoms with Gasteiger partial charge in [-0.2, -0.15) is 0 Å². The minimum Gasteiger partial charge on any atom is -0.342 e. The summed E-state index contributed by atoms with van der Waals surface area (Å²) in [4.78, 5) is 32.7. The number of carbonyl (C=O) groups is 1. The van der Waals surface area contributed by atoms with Gasteiger partial charge < -0.3 is 9.88 Å². The van der Waals surface area contributed by atoms with E-state index in [-0.39, 0.29) is 11.5 Å². The highest BCUT2D eigenvalue weighted by Crippen LogP contribution is 2.28. The monoisotopic (exact) mass is 566 g/mol. The molecule has 0 spiro atoms. The van der Waals surface area contributed by atoms with E-state index in [1.165, 1.54) is 16.9 Å². The van der Waals surface area contributed by atoms with Crippen LogP contribution >= 0.6 is 11.3 Å². The standard InChI is InChI=1S/C35H26N4O2S/c40-33(37-27-16-8-3-9-17-27)29-21-36-35-39(32(29)25-14-6-2-7-15-25)34(41)31(42-35)20-26-23-38(22-24-12-4-1-5-13-24)30-19-11-10-18-28(26)30/h1-21,23,32H,22H2,(H,37,40)/b31-20-/t32-/m1/s1. The smallest absolute Gasteiger partial charge is 0.271 e. The molecule has 42 heavy (non-hydrogen) atoms. The van der Waals surface area contributed by atoms with Crippen LogP contribution in [0.25, 0.3) is 17.0 Å². The molecule has 0 radical (unpaired) electrons. The van der Waals surface area contributed by atoms with Gasteiger partial charge in [-0.1, -0.05) is 108 Å². The fraction of sp³-hybridized carbons (Fsp3) is 0.0571. The van der Waals surface area contributed by atoms with Crippen molar-refractivity contribution in [1.82, 2.24) is 9.13 Å². The Bertz CT molecular complexity index is 2130. The first-order chi connectivity index (χ1) is 20.7. The van der Waals surface area contributed by atoms with Gasteiger partial charge in [0, 0.05) is 41.1 Å². The minimum absolute atomic E-state index is 0.175. The van der Waals surface area contributed by atoms with Crippen molar-refractivity contribution >= 4 is 39.9 Å². The van der Waals surface area contributed by atoms with Crippen LogP contribution in [-0.4, -0.2) is 15.0 Å². The largest absolute Gasteiger partial charge is 0.342 e. The van der Waals surface area contributed by atoms with Crippen LogP contribution in [-0.2, 0) is 11.3 Å². The minimum atomic E-state index is -0.604. The van der Waals surface area contributed by atoms with E-state index in [0.29, 0.717) is 20.6 Å². The molecule has 4 aromatic carbocycles. The summed E-state index contributed by atoms with van der Waals surface area (Å²) in [6, 6.07) is 36.9. The van der Waals surface area contributed by atoms with E-state index in [4.69, 9.17) is 0 Å². The average molecular weight is 567 g/mol. The lowest BCUT2D eigenvalue weighted by Crippen LogP contribution is -2.39. The third kappa shape index (κ3) is 4.80. The maximum atomic E-state index is 14.1. The van der Waals surface area contributed by atoms with Crippen molar-refractivity contribution in [2.45, 2.75) is 12.6 Å². The summed E-state index contributed by atoms with van der Waals surface area (Å²) in [6.07, 6.45) is 5.64. The second kappa shape index (κ2) is 11.0. The molecule has 1 amide bonds. The van der Waals surface area contributed by atoms with Crippen molar-refractivity contribution in [2.75, 3.05) is 5.32 Å². The van der Waals surface area contributed by atoms with Crippen molar-refractivity contribution in [2.24, 2.45) is 4.99 Å². The zero-order valence-corrected chi connectivity index (χ0v) is 23.4. The van der Waals surface area contributed by atoms with E-state index in [2.05, 4.69) is 45.3 Å². The molecular formula is C35H26N4O2S. The van der Waals surface area contributed by atoms with Crippen molar-refractivity contribution in [3.05, 3.63) is 170 Å². The van der Waals surface area contributed by atoms with Gasteiger partial charge in [0.25, 0.3) is 11.5 Å². The van der Waals surface area contributed by atoms with Crippen molar-refractivity contribution < 1.29 is 4.79 Å². The lowest BCUT2D eigenvalue weighted by Gasteiger charge is -2.23. The van der Waals surface area contributed by atoms with E-state index < -0.39 is 6.04 Å². The Morgan fingerprint density at radius 3 is 2.29 bits per heavy atom. The second-order valence-corrected chi connectivity index (χ2v) is 11.1. The number of thiazole rings is 1. The summed E-state index contributed by atoms with van der Waals surface area (Å²) in [5.41, 5.74) is 5.02. The molecule has 0 saturated heterocycles. The molecule has 3 heterocycles. The van der Waals surface area contributed by atoms with E-state index in [1.807, 2.05) is 97.1 Å². The van der Waals surface area contributed by atoms with Gasteiger partial charge in [0.15, 0.2) is 4.80 Å². The van der Waals surface area contributed by atoms with Gasteiger partial charge in [0.1, 0.15) is 0 Å². The highest BCUT2D eigenvalue weighted by Gasteiger charge is 2.30. The van der Waals surface area contributed by atoms with E-state index in [1.54, 1.807) is 10.8 Å². The Kier molecular flexibility index (Phi) is 6.70. The molecule has 0 saturated carbocycles. The van der Waals surface area contributed by atoms with Crippen LogP contribution in [0.2, 0.25) is 0 Å². The van der Waals surface area contributed by atoms with Crippen LogP contribution in [0.15, 0.2) is 143 Å². The van der Waals surface area contributed by atoms with Crippen LogP contribution in [0, 0.1) is 0 Å². The SMILES string of the molecule is O=C(Nc1ccccc1)C1=CN=c2s/c(=C\c3cn(Cc4ccccc4)c4ccccc34)c(=O)n2[C@@H]1c1ccccc1. The average Bonchev–Trinajstić information content (AvgIpc) is 3.54. The van der Waals surface area contributed by atoms with Crippen LogP contribution in [0.5, 0.6) is 0 Å². The molecule has 0 bridgehead atoms. The highest BCUT2D eigenvalue weighted by atomic mass is 32.1. The number of rotatable bonds is 6. The molecule has 1 aliphatic heterocycles. The molecule has 0 unspecified atom stereocenters. The summed E-state index contributed by atoms with van der Waals surface area (Å²) >= 11 is 1.34. The summed E-state index contributed by atoms with van der Waals surface area (Å²) in [5.74, 6) is -0.294. The first-order valence-electron chi connectivity index (χ1n) is 13.7. The molecule has 1 atom stereocenters. The Balaban J connectivity index is 1.33. The summed E-state index contributed by atoms with van der Waals surface area (Å²) in [6.45, 7) is 0.727. The summed E-state index contributed by atoms with van der Waals surface area (Å²) in [7, 11) is 0. The molecular weight excluding hydrogens is 540 g/mol. The molecule has 1 N–H and O–H groups in total. The van der Waals surface area contributed by atoms with Gasteiger partial charge in [0.05, 0.1) is 16.1 Å². The van der Waals surface area contributed by atoms with Gasteiger partial charge in [-0.15, -0.1) is 0 Å². The maximum Gasteiger partial charge on any atom is 0.271 e. The fourth-order valence-electron chi connectivity index (χ4n) is 5.45. The lowest BCUT2D eigenvalue weighted by atomic mass is 9.97. The van der Waals surface area contributed by atoms with Gasteiger partial charge in [-0.25, -0.2) is 4.99 Å². The van der Waals surface area contributed by atoms with Crippen molar-refractivity contribution in [1.29, 1.82) is 0 Å². The molecule has 1 aliphatic rings. The van der Waals surface area contributed by atoms with Gasteiger partial charge in [-0.05, 0) is 35.4 Å². The zero-order valence-electron chi connectivity index (χ0n) is 22.6. The molecule has 0 aliphatic carbocycles. The number of carbonyl (C=O) groups excluding carboxylic acids is 1. The Morgan fingerprint density at radius 2 is 1.52 bits per heavy atom. The first kappa shape index (κ1) is 25.7. The fourth-order valence-corrected chi connectivity index (χ4v) is 6.41. The number of hydrogen-bond acceptors (Lipinski definition) is 4. The number of nitrogens with one attached hydrogen (secondary N) is 1. The predicted octanol–water partition coefficient (Wildman–Crippen LogP) is 5.49. The van der Waals surface area contributed by atoms with Gasteiger partial charge in [-0.3, -0.25) is 14.2 Å². The van der Waals surface area contributed by atoms with Gasteiger partial charge >= 0.3 is 0 Å². The number of aromatic nitrogens is 2. The number of fused-ring (bicyclic) bond motifs is 2. The number of benzene rings is 4. The normalized spacial score (nSPS) is 14.7. The number of hydrogen-bond donors (Lipinski definition) is 1. The van der Waals surface area contributed by atoms with E-state index in [9.17, 15) is 9.59 Å². The molecule has 6 nitrogen and oxygen atoms in total. The zero-order chi connectivity index (χ0) is 28.5. The quantitative estimate of drug-likeness (QED) is 0.290. The third-order valence-electron chi connectivity index (χ3n) is 7.41. The molecule has 204 valence electrons. The maximum absolute atomic E-state index is 14.1. The second-order valence-electron chi connectivity index (χ2n) is 10.1. The molecule has 7 rings (SSSR count). The highest BCUT2D eigenvalue weighted by molar-refractivity contribution is 7.07. The summed E-state index contributed by atoms with van der Waals surface area (Å²) < 4.78 is 4.43. The lowest BCUT2D eigenvalue weighted by molar-refractivity contribution is -0.113. The van der Waals surface area contributed by atoms with Gasteiger partial charge in [0.2, 0.25) is 0 Å². The Labute approximate surface area is 245 Å². The van der Waals surface area contributed by atoms with Crippen LogP contribution in [0.3, 0.4) is 0 Å². The number of amides is 1. The number of anilines is 1. The Hall–Kier alpha value is -5.27. The molecule has 0 fully saturated rings. The van der Waals surface area contributed by atoms with E-state index in [0.717, 1.165) is 28.6 Å². The van der Waals surface area contributed by atoms with Crippen molar-refractivity contribution in [3.8, 4) is 0 Å². The topological polar surface area (TPSA) is 68.4 Å². The molecule has 7 heteroatoms.